The fraction of sp³-hybridized carbons (Fsp3) is 0.667. The highest BCUT2D eigenvalue weighted by Gasteiger charge is 2.51. The summed E-state index contributed by atoms with van der Waals surface area (Å²) in [6.07, 6.45) is -5.12. The molecule has 2 unspecified atom stereocenters. The second-order valence-corrected chi connectivity index (χ2v) is 11.1. The van der Waals surface area contributed by atoms with E-state index in [0.717, 1.165) is 38.5 Å². The molecule has 0 N–H and O–H groups in total. The number of nitrogens with zero attached hydrogens (tertiary/aromatic N) is 3. The number of likely N-dealkylation sites (N-methyl/N-ethyl adjacent to an activating group) is 1. The minimum Gasteiger partial charge on any atom is -0.336 e. The lowest BCUT2D eigenvalue weighted by Crippen LogP contribution is -2.51. The van der Waals surface area contributed by atoms with Gasteiger partial charge < -0.3 is 4.90 Å². The van der Waals surface area contributed by atoms with Gasteiger partial charge in [0, 0.05) is 51.4 Å². The van der Waals surface area contributed by atoms with Gasteiger partial charge >= 0.3 is 12.4 Å². The van der Waals surface area contributed by atoms with E-state index >= 15 is 0 Å². The first-order valence-corrected chi connectivity index (χ1v) is 12.9. The molecule has 1 saturated heterocycles. The third-order valence-electron chi connectivity index (χ3n) is 8.66. The maximum atomic E-state index is 13.2. The molecule has 1 heterocycles. The van der Waals surface area contributed by atoms with Gasteiger partial charge in [-0.2, -0.15) is 26.3 Å². The van der Waals surface area contributed by atoms with E-state index in [1.54, 1.807) is 0 Å². The van der Waals surface area contributed by atoms with Gasteiger partial charge in [0.15, 0.2) is 0 Å². The van der Waals surface area contributed by atoms with Crippen molar-refractivity contribution in [2.24, 2.45) is 17.3 Å². The van der Waals surface area contributed by atoms with Crippen LogP contribution in [0.5, 0.6) is 0 Å². The Balaban J connectivity index is 1.32. The van der Waals surface area contributed by atoms with Gasteiger partial charge in [0.2, 0.25) is 0 Å². The molecule has 1 amide bonds. The standard InChI is InChI=1S/C27H35F6N3O/c1-4-34(17-18-5-6-20-16-23(18)25(20,2)3)7-8-35-9-11-36(12-10-35)24(37)19-13-21(26(28,29)30)15-22(14-19)27(31,32)33/h5,13-15,20,23H,4,6-12,16-17H2,1-3H3. The maximum Gasteiger partial charge on any atom is 0.416 e. The molecule has 0 radical (unpaired) electrons. The summed E-state index contributed by atoms with van der Waals surface area (Å²) in [6.45, 7) is 11.9. The van der Waals surface area contributed by atoms with Crippen LogP contribution >= 0.6 is 0 Å². The highest BCUT2D eigenvalue weighted by molar-refractivity contribution is 5.94. The summed E-state index contributed by atoms with van der Waals surface area (Å²) in [6, 6.07) is 1.06. The molecular weight excluding hydrogens is 496 g/mol. The molecule has 1 aromatic carbocycles. The van der Waals surface area contributed by atoms with Crippen LogP contribution in [0.4, 0.5) is 26.3 Å². The number of piperazine rings is 1. The molecular formula is C27H35F6N3O. The number of allylic oxidation sites excluding steroid dienone is 1. The molecule has 206 valence electrons. The molecule has 1 aromatic rings. The molecule has 2 atom stereocenters. The minimum atomic E-state index is -4.98. The minimum absolute atomic E-state index is 0.0435. The number of hydrogen-bond donors (Lipinski definition) is 0. The molecule has 1 aliphatic heterocycles. The lowest BCUT2D eigenvalue weighted by Gasteiger charge is -2.57. The van der Waals surface area contributed by atoms with Crippen LogP contribution in [0.1, 0.15) is 55.1 Å². The molecule has 1 saturated carbocycles. The first kappa shape index (κ1) is 28.0. The Morgan fingerprint density at radius 1 is 1.00 bits per heavy atom. The van der Waals surface area contributed by atoms with Gasteiger partial charge in [-0.25, -0.2) is 0 Å². The predicted molar refractivity (Wildman–Crippen MR) is 129 cm³/mol. The summed E-state index contributed by atoms with van der Waals surface area (Å²) in [7, 11) is 0. The molecule has 0 aromatic heterocycles. The lowest BCUT2D eigenvalue weighted by molar-refractivity contribution is -0.143. The molecule has 3 aliphatic carbocycles. The van der Waals surface area contributed by atoms with Gasteiger partial charge in [-0.1, -0.05) is 32.4 Å². The van der Waals surface area contributed by atoms with Crippen molar-refractivity contribution in [3.05, 3.63) is 46.5 Å². The van der Waals surface area contributed by atoms with E-state index in [9.17, 15) is 31.1 Å². The van der Waals surface area contributed by atoms with Crippen LogP contribution in [0, 0.1) is 17.3 Å². The van der Waals surface area contributed by atoms with Gasteiger partial charge in [-0.05, 0) is 54.8 Å². The number of hydrogen-bond acceptors (Lipinski definition) is 3. The van der Waals surface area contributed by atoms with Crippen molar-refractivity contribution in [1.29, 1.82) is 0 Å². The number of rotatable bonds is 7. The smallest absolute Gasteiger partial charge is 0.336 e. The van der Waals surface area contributed by atoms with Crippen LogP contribution < -0.4 is 0 Å². The Kier molecular flexibility index (Phi) is 7.74. The van der Waals surface area contributed by atoms with Crippen molar-refractivity contribution in [2.45, 2.75) is 46.0 Å². The van der Waals surface area contributed by atoms with Crippen LogP contribution in [-0.4, -0.2) is 73.0 Å². The highest BCUT2D eigenvalue weighted by atomic mass is 19.4. The highest BCUT2D eigenvalue weighted by Crippen LogP contribution is 2.59. The van der Waals surface area contributed by atoms with E-state index in [1.807, 2.05) is 0 Å². The Bertz CT molecular complexity index is 992. The largest absolute Gasteiger partial charge is 0.416 e. The maximum absolute atomic E-state index is 13.2. The van der Waals surface area contributed by atoms with Crippen LogP contribution in [0.3, 0.4) is 0 Å². The van der Waals surface area contributed by atoms with E-state index < -0.39 is 35.0 Å². The van der Waals surface area contributed by atoms with Gasteiger partial charge in [0.05, 0.1) is 11.1 Å². The molecule has 2 fully saturated rings. The van der Waals surface area contributed by atoms with Crippen LogP contribution in [0.2, 0.25) is 0 Å². The Hall–Kier alpha value is -2.07. The first-order chi connectivity index (χ1) is 17.2. The van der Waals surface area contributed by atoms with Crippen LogP contribution in [0.25, 0.3) is 0 Å². The van der Waals surface area contributed by atoms with Crippen LogP contribution in [-0.2, 0) is 12.4 Å². The number of halogens is 6. The molecule has 4 aliphatic rings. The Morgan fingerprint density at radius 3 is 2.08 bits per heavy atom. The number of carbonyl (C=O) groups is 1. The van der Waals surface area contributed by atoms with Crippen molar-refractivity contribution in [3.63, 3.8) is 0 Å². The van der Waals surface area contributed by atoms with Crippen molar-refractivity contribution in [3.8, 4) is 0 Å². The van der Waals surface area contributed by atoms with E-state index in [-0.39, 0.29) is 19.2 Å². The quantitative estimate of drug-likeness (QED) is 0.329. The number of alkyl halides is 6. The van der Waals surface area contributed by atoms with E-state index in [4.69, 9.17) is 0 Å². The van der Waals surface area contributed by atoms with Crippen molar-refractivity contribution < 1.29 is 31.1 Å². The van der Waals surface area contributed by atoms with Gasteiger partial charge in [-0.15, -0.1) is 0 Å². The number of benzene rings is 1. The van der Waals surface area contributed by atoms with Crippen molar-refractivity contribution in [2.75, 3.05) is 52.4 Å². The second-order valence-electron chi connectivity index (χ2n) is 11.1. The zero-order valence-electron chi connectivity index (χ0n) is 21.6. The lowest BCUT2D eigenvalue weighted by atomic mass is 9.49. The SMILES string of the molecule is CCN(CCN1CCN(C(=O)c2cc(C(F)(F)F)cc(C(F)(F)F)c2)CC1)CC1=CCC2CC1C2(C)C. The molecule has 10 heteroatoms. The van der Waals surface area contributed by atoms with Crippen molar-refractivity contribution >= 4 is 5.91 Å². The molecule has 37 heavy (non-hydrogen) atoms. The van der Waals surface area contributed by atoms with E-state index in [1.165, 1.54) is 16.9 Å². The van der Waals surface area contributed by atoms with Gasteiger partial charge in [0.25, 0.3) is 5.91 Å². The molecule has 2 bridgehead atoms. The fourth-order valence-corrected chi connectivity index (χ4v) is 5.98. The van der Waals surface area contributed by atoms with E-state index in [2.05, 4.69) is 36.6 Å². The Morgan fingerprint density at radius 2 is 1.59 bits per heavy atom. The zero-order chi connectivity index (χ0) is 27.2. The first-order valence-electron chi connectivity index (χ1n) is 12.9. The monoisotopic (exact) mass is 531 g/mol. The molecule has 0 spiro atoms. The van der Waals surface area contributed by atoms with Gasteiger partial charge in [-0.3, -0.25) is 14.6 Å². The number of fused-ring (bicyclic) bond motifs is 1. The summed E-state index contributed by atoms with van der Waals surface area (Å²) >= 11 is 0. The topological polar surface area (TPSA) is 26.8 Å². The molecule has 5 rings (SSSR count). The summed E-state index contributed by atoms with van der Waals surface area (Å²) in [5.41, 5.74) is -1.62. The molecule has 4 nitrogen and oxygen atoms in total. The van der Waals surface area contributed by atoms with Crippen molar-refractivity contribution in [1.82, 2.24) is 14.7 Å². The summed E-state index contributed by atoms with van der Waals surface area (Å²) in [5, 5.41) is 0. The fourth-order valence-electron chi connectivity index (χ4n) is 5.98. The zero-order valence-corrected chi connectivity index (χ0v) is 21.6. The average Bonchev–Trinajstić information content (AvgIpc) is 2.85. The third kappa shape index (κ3) is 6.00. The van der Waals surface area contributed by atoms with Gasteiger partial charge in [0.1, 0.15) is 0 Å². The van der Waals surface area contributed by atoms with Crippen LogP contribution in [0.15, 0.2) is 29.8 Å². The second kappa shape index (κ2) is 10.2. The Labute approximate surface area is 214 Å². The van der Waals surface area contributed by atoms with E-state index in [0.29, 0.717) is 36.6 Å². The summed E-state index contributed by atoms with van der Waals surface area (Å²) in [4.78, 5) is 18.8. The number of carbonyl (C=O) groups excluding carboxylic acids is 1. The predicted octanol–water partition coefficient (Wildman–Crippen LogP) is 5.80. The summed E-state index contributed by atoms with van der Waals surface area (Å²) in [5.74, 6) is 0.645. The average molecular weight is 532 g/mol. The normalized spacial score (nSPS) is 24.2. The third-order valence-corrected chi connectivity index (χ3v) is 8.66. The summed E-state index contributed by atoms with van der Waals surface area (Å²) < 4.78 is 79.1. The number of amides is 1.